The first-order chi connectivity index (χ1) is 9.44. The molecule has 2 aromatic carbocycles. The lowest BCUT2D eigenvalue weighted by molar-refractivity contribution is -0.127. The number of rotatable bonds is 3. The minimum Gasteiger partial charge on any atom is -0.348 e. The maximum Gasteiger partial charge on any atom is 0.240 e. The third-order valence-corrected chi connectivity index (χ3v) is 3.47. The second-order valence-electron chi connectivity index (χ2n) is 5.54. The van der Waals surface area contributed by atoms with Crippen LogP contribution in [0.25, 0.3) is 10.8 Å². The number of benzene rings is 2. The summed E-state index contributed by atoms with van der Waals surface area (Å²) < 4.78 is 0. The van der Waals surface area contributed by atoms with E-state index >= 15 is 0 Å². The number of amides is 1. The fourth-order valence-electron chi connectivity index (χ4n) is 1.99. The number of hydrogen-bond acceptors (Lipinski definition) is 2. The van der Waals surface area contributed by atoms with E-state index in [4.69, 9.17) is 5.26 Å². The predicted molar refractivity (Wildman–Crippen MR) is 79.9 cm³/mol. The van der Waals surface area contributed by atoms with Crippen LogP contribution in [0.1, 0.15) is 32.4 Å². The van der Waals surface area contributed by atoms with Crippen molar-refractivity contribution in [3.05, 3.63) is 48.0 Å². The highest BCUT2D eigenvalue weighted by Crippen LogP contribution is 2.22. The number of carbonyl (C=O) groups is 1. The molecule has 3 heteroatoms. The van der Waals surface area contributed by atoms with E-state index < -0.39 is 5.41 Å². The van der Waals surface area contributed by atoms with E-state index in [9.17, 15) is 4.79 Å². The first-order valence-electron chi connectivity index (χ1n) is 6.65. The average Bonchev–Trinajstić information content (AvgIpc) is 2.46. The first kappa shape index (κ1) is 14.1. The summed E-state index contributed by atoms with van der Waals surface area (Å²) >= 11 is 0. The van der Waals surface area contributed by atoms with Crippen molar-refractivity contribution in [2.24, 2.45) is 5.41 Å². The van der Waals surface area contributed by atoms with Crippen LogP contribution < -0.4 is 5.32 Å². The van der Waals surface area contributed by atoms with E-state index in [-0.39, 0.29) is 11.9 Å². The zero-order chi connectivity index (χ0) is 14.8. The van der Waals surface area contributed by atoms with Gasteiger partial charge in [-0.2, -0.15) is 5.26 Å². The van der Waals surface area contributed by atoms with Gasteiger partial charge in [0.05, 0.1) is 12.1 Å². The molecule has 3 nitrogen and oxygen atoms in total. The first-order valence-corrected chi connectivity index (χ1v) is 6.65. The Morgan fingerprint density at radius 3 is 2.50 bits per heavy atom. The Bertz CT molecular complexity index is 683. The van der Waals surface area contributed by atoms with Crippen LogP contribution >= 0.6 is 0 Å². The Morgan fingerprint density at radius 2 is 1.85 bits per heavy atom. The van der Waals surface area contributed by atoms with E-state index in [1.54, 1.807) is 13.8 Å². The molecule has 0 heterocycles. The molecule has 20 heavy (non-hydrogen) atoms. The smallest absolute Gasteiger partial charge is 0.240 e. The topological polar surface area (TPSA) is 52.9 Å². The van der Waals surface area contributed by atoms with Gasteiger partial charge in [0.1, 0.15) is 5.41 Å². The number of nitrogens with one attached hydrogen (secondary N) is 1. The molecule has 2 rings (SSSR count). The SMILES string of the molecule is CC(NC(=O)C(C)(C)C#N)c1ccc2ccccc2c1. The van der Waals surface area contributed by atoms with Gasteiger partial charge in [-0.3, -0.25) is 4.79 Å². The molecule has 0 spiro atoms. The zero-order valence-electron chi connectivity index (χ0n) is 12.0. The number of hydrogen-bond donors (Lipinski definition) is 1. The standard InChI is InChI=1S/C17H18N2O/c1-12(19-16(20)17(2,3)11-18)14-9-8-13-6-4-5-7-15(13)10-14/h4-10,12H,1-3H3,(H,19,20). The minimum atomic E-state index is -1.01. The molecule has 0 bridgehead atoms. The summed E-state index contributed by atoms with van der Waals surface area (Å²) in [5, 5.41) is 14.2. The third kappa shape index (κ3) is 2.80. The summed E-state index contributed by atoms with van der Waals surface area (Å²) in [6, 6.07) is 16.1. The van der Waals surface area contributed by atoms with Gasteiger partial charge >= 0.3 is 0 Å². The largest absolute Gasteiger partial charge is 0.348 e. The van der Waals surface area contributed by atoms with E-state index in [2.05, 4.69) is 17.4 Å². The van der Waals surface area contributed by atoms with Crippen LogP contribution in [0.5, 0.6) is 0 Å². The zero-order valence-corrected chi connectivity index (χ0v) is 12.0. The Morgan fingerprint density at radius 1 is 1.20 bits per heavy atom. The molecule has 0 saturated carbocycles. The summed E-state index contributed by atoms with van der Waals surface area (Å²) in [5.74, 6) is -0.249. The highest BCUT2D eigenvalue weighted by molar-refractivity contribution is 5.86. The molecule has 2 aromatic rings. The van der Waals surface area contributed by atoms with E-state index in [0.29, 0.717) is 0 Å². The summed E-state index contributed by atoms with van der Waals surface area (Å²) in [6.45, 7) is 5.17. The van der Waals surface area contributed by atoms with Gasteiger partial charge in [0, 0.05) is 0 Å². The van der Waals surface area contributed by atoms with Gasteiger partial charge in [-0.15, -0.1) is 0 Å². The second-order valence-corrected chi connectivity index (χ2v) is 5.54. The van der Waals surface area contributed by atoms with Gasteiger partial charge in [0.15, 0.2) is 0 Å². The highest BCUT2D eigenvalue weighted by Gasteiger charge is 2.28. The van der Waals surface area contributed by atoms with Gasteiger partial charge in [-0.05, 0) is 43.2 Å². The van der Waals surface area contributed by atoms with Gasteiger partial charge < -0.3 is 5.32 Å². The van der Waals surface area contributed by atoms with Gasteiger partial charge in [0.25, 0.3) is 0 Å². The highest BCUT2D eigenvalue weighted by atomic mass is 16.2. The van der Waals surface area contributed by atoms with Crippen molar-refractivity contribution in [1.82, 2.24) is 5.32 Å². The summed E-state index contributed by atoms with van der Waals surface area (Å²) in [4.78, 5) is 12.0. The molecule has 0 aliphatic carbocycles. The number of nitriles is 1. The molecule has 0 saturated heterocycles. The maximum atomic E-state index is 12.0. The van der Waals surface area contributed by atoms with Crippen LogP contribution in [-0.4, -0.2) is 5.91 Å². The normalized spacial score (nSPS) is 12.7. The van der Waals surface area contributed by atoms with Crippen LogP contribution in [0.3, 0.4) is 0 Å². The maximum absolute atomic E-state index is 12.0. The van der Waals surface area contributed by atoms with Crippen LogP contribution in [0.4, 0.5) is 0 Å². The second kappa shape index (κ2) is 5.34. The minimum absolute atomic E-state index is 0.125. The Kier molecular flexibility index (Phi) is 3.76. The molecule has 1 amide bonds. The summed E-state index contributed by atoms with van der Waals surface area (Å²) in [7, 11) is 0. The van der Waals surface area contributed by atoms with Crippen LogP contribution in [0.15, 0.2) is 42.5 Å². The molecular formula is C17H18N2O. The van der Waals surface area contributed by atoms with Gasteiger partial charge in [0.2, 0.25) is 5.91 Å². The predicted octanol–water partition coefficient (Wildman–Crippen LogP) is 3.57. The number of nitrogens with zero attached hydrogens (tertiary/aromatic N) is 1. The molecule has 0 aliphatic rings. The lowest BCUT2D eigenvalue weighted by atomic mass is 9.93. The van der Waals surface area contributed by atoms with Crippen LogP contribution in [-0.2, 0) is 4.79 Å². The molecule has 102 valence electrons. The van der Waals surface area contributed by atoms with Crippen molar-refractivity contribution < 1.29 is 4.79 Å². The van der Waals surface area contributed by atoms with Crippen molar-refractivity contribution in [3.8, 4) is 6.07 Å². The fraction of sp³-hybridized carbons (Fsp3) is 0.294. The number of fused-ring (bicyclic) bond motifs is 1. The molecule has 0 aliphatic heterocycles. The monoisotopic (exact) mass is 266 g/mol. The van der Waals surface area contributed by atoms with Gasteiger partial charge in [-0.1, -0.05) is 36.4 Å². The van der Waals surface area contributed by atoms with E-state index in [0.717, 1.165) is 10.9 Å². The third-order valence-electron chi connectivity index (χ3n) is 3.47. The summed E-state index contributed by atoms with van der Waals surface area (Å²) in [5.41, 5.74) is 0.0243. The quantitative estimate of drug-likeness (QED) is 0.923. The molecule has 0 radical (unpaired) electrons. The van der Waals surface area contributed by atoms with Crippen molar-refractivity contribution in [2.45, 2.75) is 26.8 Å². The van der Waals surface area contributed by atoms with Crippen molar-refractivity contribution in [2.75, 3.05) is 0 Å². The molecule has 0 aromatic heterocycles. The molecular weight excluding hydrogens is 248 g/mol. The molecule has 1 N–H and O–H groups in total. The van der Waals surface area contributed by atoms with E-state index in [1.165, 1.54) is 5.39 Å². The summed E-state index contributed by atoms with van der Waals surface area (Å²) in [6.07, 6.45) is 0. The molecule has 1 atom stereocenters. The van der Waals surface area contributed by atoms with Crippen LogP contribution in [0, 0.1) is 16.7 Å². The number of carbonyl (C=O) groups excluding carboxylic acids is 1. The van der Waals surface area contributed by atoms with Gasteiger partial charge in [-0.25, -0.2) is 0 Å². The Hall–Kier alpha value is -2.34. The molecule has 0 fully saturated rings. The van der Waals surface area contributed by atoms with Crippen molar-refractivity contribution >= 4 is 16.7 Å². The fourth-order valence-corrected chi connectivity index (χ4v) is 1.99. The Balaban J connectivity index is 2.22. The van der Waals surface area contributed by atoms with Crippen molar-refractivity contribution in [3.63, 3.8) is 0 Å². The van der Waals surface area contributed by atoms with Crippen molar-refractivity contribution in [1.29, 1.82) is 5.26 Å². The Labute approximate surface area is 119 Å². The lowest BCUT2D eigenvalue weighted by Crippen LogP contribution is -2.37. The van der Waals surface area contributed by atoms with Crippen LogP contribution in [0.2, 0.25) is 0 Å². The average molecular weight is 266 g/mol. The van der Waals surface area contributed by atoms with E-state index in [1.807, 2.05) is 43.3 Å². The lowest BCUT2D eigenvalue weighted by Gasteiger charge is -2.20. The molecule has 1 unspecified atom stereocenters.